The molecule has 1 heterocycles. The van der Waals surface area contributed by atoms with E-state index in [0.29, 0.717) is 31.4 Å². The third kappa shape index (κ3) is 7.29. The Kier molecular flexibility index (Phi) is 8.91. The lowest BCUT2D eigenvalue weighted by Gasteiger charge is -2.31. The van der Waals surface area contributed by atoms with Gasteiger partial charge in [-0.15, -0.1) is 0 Å². The molecule has 156 valence electrons. The van der Waals surface area contributed by atoms with Gasteiger partial charge >= 0.3 is 0 Å². The predicted octanol–water partition coefficient (Wildman–Crippen LogP) is 2.28. The fourth-order valence-corrected chi connectivity index (χ4v) is 3.27. The van der Waals surface area contributed by atoms with Gasteiger partial charge in [-0.3, -0.25) is 9.79 Å². The zero-order valence-corrected chi connectivity index (χ0v) is 17.5. The van der Waals surface area contributed by atoms with Gasteiger partial charge < -0.3 is 25.0 Å². The largest absolute Gasteiger partial charge is 0.497 e. The van der Waals surface area contributed by atoms with Gasteiger partial charge in [-0.05, 0) is 37.8 Å². The van der Waals surface area contributed by atoms with Crippen LogP contribution in [0.15, 0.2) is 29.3 Å². The Morgan fingerprint density at radius 1 is 1.36 bits per heavy atom. The number of guanidine groups is 1. The second-order valence-corrected chi connectivity index (χ2v) is 7.32. The summed E-state index contributed by atoms with van der Waals surface area (Å²) < 4.78 is 11.1. The summed E-state index contributed by atoms with van der Waals surface area (Å²) in [5.41, 5.74) is 0. The molecule has 0 bridgehead atoms. The van der Waals surface area contributed by atoms with E-state index in [1.807, 2.05) is 36.1 Å². The van der Waals surface area contributed by atoms with Gasteiger partial charge in [0, 0.05) is 39.2 Å². The van der Waals surface area contributed by atoms with Crippen LogP contribution in [-0.2, 0) is 4.79 Å². The van der Waals surface area contributed by atoms with Crippen molar-refractivity contribution >= 4 is 11.9 Å². The van der Waals surface area contributed by atoms with Crippen molar-refractivity contribution in [3.63, 3.8) is 0 Å². The standard InChI is InChI=1S/C21H34N4O3/c1-16-7-6-12-25(15-16)20(26)10-11-23-21(22-3)24-14-17(2)28-19-9-5-8-18(13-19)27-4/h5,8-9,13,16-17H,6-7,10-12,14-15H2,1-4H3,(H2,22,23,24). The maximum Gasteiger partial charge on any atom is 0.224 e. The maximum absolute atomic E-state index is 12.3. The Labute approximate surface area is 168 Å². The molecule has 1 aliphatic rings. The van der Waals surface area contributed by atoms with Crippen molar-refractivity contribution < 1.29 is 14.3 Å². The predicted molar refractivity (Wildman–Crippen MR) is 112 cm³/mol. The quantitative estimate of drug-likeness (QED) is 0.526. The monoisotopic (exact) mass is 390 g/mol. The van der Waals surface area contributed by atoms with Gasteiger partial charge in [0.15, 0.2) is 5.96 Å². The van der Waals surface area contributed by atoms with Gasteiger partial charge in [0.25, 0.3) is 0 Å². The number of methoxy groups -OCH3 is 1. The number of likely N-dealkylation sites (tertiary alicyclic amines) is 1. The minimum atomic E-state index is -0.0536. The molecule has 2 unspecified atom stereocenters. The highest BCUT2D eigenvalue weighted by Crippen LogP contribution is 2.19. The van der Waals surface area contributed by atoms with Crippen molar-refractivity contribution in [3.05, 3.63) is 24.3 Å². The number of nitrogens with one attached hydrogen (secondary N) is 2. The molecule has 0 aromatic heterocycles. The first-order valence-electron chi connectivity index (χ1n) is 10.0. The number of carbonyl (C=O) groups excluding carboxylic acids is 1. The molecule has 7 heteroatoms. The third-order valence-corrected chi connectivity index (χ3v) is 4.80. The number of amides is 1. The van der Waals surface area contributed by atoms with Crippen LogP contribution in [0.5, 0.6) is 11.5 Å². The van der Waals surface area contributed by atoms with Crippen LogP contribution in [0.2, 0.25) is 0 Å². The van der Waals surface area contributed by atoms with Crippen LogP contribution in [0.3, 0.4) is 0 Å². The van der Waals surface area contributed by atoms with E-state index in [0.717, 1.165) is 31.0 Å². The van der Waals surface area contributed by atoms with E-state index in [1.165, 1.54) is 6.42 Å². The van der Waals surface area contributed by atoms with Crippen LogP contribution in [-0.4, -0.2) is 63.2 Å². The minimum absolute atomic E-state index is 0.0536. The molecule has 1 aromatic rings. The maximum atomic E-state index is 12.3. The molecule has 1 aromatic carbocycles. The SMILES string of the molecule is CN=C(NCCC(=O)N1CCCC(C)C1)NCC(C)Oc1cccc(OC)c1. The number of piperidine rings is 1. The van der Waals surface area contributed by atoms with Gasteiger partial charge in [0.2, 0.25) is 5.91 Å². The van der Waals surface area contributed by atoms with Crippen molar-refractivity contribution in [2.75, 3.05) is 40.3 Å². The summed E-state index contributed by atoms with van der Waals surface area (Å²) in [5.74, 6) is 3.01. The van der Waals surface area contributed by atoms with E-state index in [-0.39, 0.29) is 12.0 Å². The summed E-state index contributed by atoms with van der Waals surface area (Å²) in [7, 11) is 3.35. The van der Waals surface area contributed by atoms with Crippen molar-refractivity contribution in [2.45, 2.75) is 39.2 Å². The van der Waals surface area contributed by atoms with Crippen LogP contribution in [0.1, 0.15) is 33.1 Å². The summed E-state index contributed by atoms with van der Waals surface area (Å²) in [6, 6.07) is 7.54. The van der Waals surface area contributed by atoms with Crippen LogP contribution in [0.25, 0.3) is 0 Å². The first-order chi connectivity index (χ1) is 13.5. The minimum Gasteiger partial charge on any atom is -0.497 e. The molecule has 1 fully saturated rings. The second kappa shape index (κ2) is 11.4. The molecule has 7 nitrogen and oxygen atoms in total. The van der Waals surface area contributed by atoms with Gasteiger partial charge in [0.05, 0.1) is 13.7 Å². The summed E-state index contributed by atoms with van der Waals surface area (Å²) in [4.78, 5) is 18.5. The number of ether oxygens (including phenoxy) is 2. The van der Waals surface area contributed by atoms with Crippen LogP contribution in [0.4, 0.5) is 0 Å². The molecule has 2 N–H and O–H groups in total. The molecule has 0 aliphatic carbocycles. The average Bonchev–Trinajstić information content (AvgIpc) is 2.70. The molecule has 2 rings (SSSR count). The van der Waals surface area contributed by atoms with Crippen molar-refractivity contribution in [1.82, 2.24) is 15.5 Å². The molecule has 1 amide bonds. The fraction of sp³-hybridized carbons (Fsp3) is 0.619. The fourth-order valence-electron chi connectivity index (χ4n) is 3.27. The molecule has 2 atom stereocenters. The molecule has 0 spiro atoms. The van der Waals surface area contributed by atoms with E-state index >= 15 is 0 Å². The van der Waals surface area contributed by atoms with Crippen LogP contribution >= 0.6 is 0 Å². The second-order valence-electron chi connectivity index (χ2n) is 7.32. The number of hydrogen-bond acceptors (Lipinski definition) is 4. The summed E-state index contributed by atoms with van der Waals surface area (Å²) >= 11 is 0. The number of benzene rings is 1. The highest BCUT2D eigenvalue weighted by molar-refractivity contribution is 5.81. The molecule has 0 radical (unpaired) electrons. The Morgan fingerprint density at radius 2 is 2.14 bits per heavy atom. The normalized spacial score (nSPS) is 18.4. The zero-order chi connectivity index (χ0) is 20.4. The highest BCUT2D eigenvalue weighted by Gasteiger charge is 2.20. The molecular formula is C21H34N4O3. The highest BCUT2D eigenvalue weighted by atomic mass is 16.5. The molecule has 1 aliphatic heterocycles. The first kappa shape index (κ1) is 21.9. The Balaban J connectivity index is 1.68. The summed E-state index contributed by atoms with van der Waals surface area (Å²) in [6.07, 6.45) is 2.74. The Morgan fingerprint density at radius 3 is 2.86 bits per heavy atom. The van der Waals surface area contributed by atoms with Gasteiger partial charge in [-0.1, -0.05) is 13.0 Å². The van der Waals surface area contributed by atoms with Crippen molar-refractivity contribution in [2.24, 2.45) is 10.9 Å². The molecule has 0 saturated carbocycles. The third-order valence-electron chi connectivity index (χ3n) is 4.80. The van der Waals surface area contributed by atoms with Crippen LogP contribution in [0, 0.1) is 5.92 Å². The van der Waals surface area contributed by atoms with Gasteiger partial charge in [-0.25, -0.2) is 0 Å². The molecular weight excluding hydrogens is 356 g/mol. The van der Waals surface area contributed by atoms with Crippen molar-refractivity contribution in [1.29, 1.82) is 0 Å². The Bertz CT molecular complexity index is 650. The lowest BCUT2D eigenvalue weighted by atomic mass is 10.00. The van der Waals surface area contributed by atoms with E-state index in [4.69, 9.17) is 9.47 Å². The van der Waals surface area contributed by atoms with E-state index in [9.17, 15) is 4.79 Å². The van der Waals surface area contributed by atoms with E-state index in [2.05, 4.69) is 22.5 Å². The average molecular weight is 391 g/mol. The number of nitrogens with zero attached hydrogens (tertiary/aromatic N) is 2. The summed E-state index contributed by atoms with van der Waals surface area (Å²) in [5, 5.41) is 6.44. The van der Waals surface area contributed by atoms with Gasteiger partial charge in [0.1, 0.15) is 17.6 Å². The van der Waals surface area contributed by atoms with Crippen LogP contribution < -0.4 is 20.1 Å². The van der Waals surface area contributed by atoms with E-state index < -0.39 is 0 Å². The number of carbonyl (C=O) groups is 1. The topological polar surface area (TPSA) is 75.2 Å². The molecule has 28 heavy (non-hydrogen) atoms. The molecule has 1 saturated heterocycles. The Hall–Kier alpha value is -2.44. The number of aliphatic imine (C=N–C) groups is 1. The lowest BCUT2D eigenvalue weighted by Crippen LogP contribution is -2.44. The van der Waals surface area contributed by atoms with Crippen molar-refractivity contribution in [3.8, 4) is 11.5 Å². The lowest BCUT2D eigenvalue weighted by molar-refractivity contribution is -0.132. The zero-order valence-electron chi connectivity index (χ0n) is 17.5. The number of hydrogen-bond donors (Lipinski definition) is 2. The number of rotatable bonds is 8. The van der Waals surface area contributed by atoms with Gasteiger partial charge in [-0.2, -0.15) is 0 Å². The summed E-state index contributed by atoms with van der Waals surface area (Å²) in [6.45, 7) is 7.11. The smallest absolute Gasteiger partial charge is 0.224 e. The van der Waals surface area contributed by atoms with E-state index in [1.54, 1.807) is 14.2 Å². The first-order valence-corrected chi connectivity index (χ1v) is 10.0.